The molecule has 3 saturated heterocycles. The number of benzene rings is 2. The van der Waals surface area contributed by atoms with Crippen molar-refractivity contribution in [3.05, 3.63) is 89.5 Å². The van der Waals surface area contributed by atoms with Crippen molar-refractivity contribution in [1.82, 2.24) is 35.1 Å². The number of nitrogens with one attached hydrogen (secondary N) is 1. The average Bonchev–Trinajstić information content (AvgIpc) is 3.88. The van der Waals surface area contributed by atoms with Crippen molar-refractivity contribution in [3.8, 4) is 22.8 Å². The number of ether oxygens (including phenoxy) is 3. The zero-order chi connectivity index (χ0) is 40.4. The minimum atomic E-state index is -4.69. The van der Waals surface area contributed by atoms with Gasteiger partial charge in [0, 0.05) is 68.9 Å². The van der Waals surface area contributed by atoms with Crippen LogP contribution in [0.4, 0.5) is 17.6 Å². The molecule has 8 rings (SSSR count). The molecule has 4 aliphatic rings. The van der Waals surface area contributed by atoms with Gasteiger partial charge in [0.25, 0.3) is 5.91 Å². The van der Waals surface area contributed by atoms with E-state index in [-0.39, 0.29) is 97.4 Å². The zero-order valence-electron chi connectivity index (χ0n) is 31.6. The monoisotopic (exact) mass is 805 g/mol. The molecule has 58 heavy (non-hydrogen) atoms. The first-order chi connectivity index (χ1) is 28.0. The van der Waals surface area contributed by atoms with Crippen molar-refractivity contribution < 1.29 is 46.2 Å². The number of pyridine rings is 1. The topological polar surface area (TPSA) is 141 Å². The average molecular weight is 806 g/mol. The van der Waals surface area contributed by atoms with Gasteiger partial charge in [-0.2, -0.15) is 13.2 Å². The molecule has 4 aromatic rings. The Bertz CT molecular complexity index is 2130. The Labute approximate surface area is 331 Å². The predicted octanol–water partition coefficient (Wildman–Crippen LogP) is 5.22. The first-order valence-corrected chi connectivity index (χ1v) is 19.5. The molecule has 0 unspecified atom stereocenters. The number of carbonyl (C=O) groups is 3. The van der Waals surface area contributed by atoms with Crippen molar-refractivity contribution in [2.45, 2.75) is 69.5 Å². The minimum absolute atomic E-state index is 0.00824. The molecule has 4 atom stereocenters. The van der Waals surface area contributed by atoms with Gasteiger partial charge in [0.2, 0.25) is 17.7 Å². The molecule has 2 aromatic heterocycles. The molecular formula is C41H43F4N7O6. The molecule has 306 valence electrons. The van der Waals surface area contributed by atoms with Crippen LogP contribution in [-0.2, 0) is 31.8 Å². The molecule has 6 heterocycles. The molecule has 2 aromatic carbocycles. The fourth-order valence-electron chi connectivity index (χ4n) is 8.30. The maximum atomic E-state index is 14.5. The Morgan fingerprint density at radius 1 is 0.948 bits per heavy atom. The number of hydrogen-bond acceptors (Lipinski definition) is 9. The van der Waals surface area contributed by atoms with Crippen molar-refractivity contribution in [1.29, 1.82) is 0 Å². The second kappa shape index (κ2) is 16.8. The number of carbonyl (C=O) groups excluding carboxylic acids is 3. The van der Waals surface area contributed by atoms with E-state index in [2.05, 4.69) is 20.6 Å². The van der Waals surface area contributed by atoms with E-state index < -0.39 is 29.8 Å². The Kier molecular flexibility index (Phi) is 11.4. The van der Waals surface area contributed by atoms with Crippen LogP contribution in [0.5, 0.6) is 5.88 Å². The first-order valence-electron chi connectivity index (χ1n) is 19.5. The van der Waals surface area contributed by atoms with Crippen molar-refractivity contribution in [2.24, 2.45) is 11.8 Å². The second-order valence-corrected chi connectivity index (χ2v) is 15.3. The van der Waals surface area contributed by atoms with Crippen LogP contribution in [0, 0.1) is 17.7 Å². The van der Waals surface area contributed by atoms with Crippen molar-refractivity contribution >= 4 is 17.7 Å². The number of aromatic nitrogens is 4. The van der Waals surface area contributed by atoms with Gasteiger partial charge in [-0.3, -0.25) is 14.4 Å². The Morgan fingerprint density at radius 3 is 2.53 bits per heavy atom. The molecule has 4 aliphatic heterocycles. The van der Waals surface area contributed by atoms with Crippen LogP contribution in [0.2, 0.25) is 0 Å². The quantitative estimate of drug-likeness (QED) is 0.249. The van der Waals surface area contributed by atoms with Gasteiger partial charge in [-0.1, -0.05) is 17.3 Å². The van der Waals surface area contributed by atoms with E-state index in [0.29, 0.717) is 44.0 Å². The molecule has 13 nitrogen and oxygen atoms in total. The summed E-state index contributed by atoms with van der Waals surface area (Å²) in [6.45, 7) is 1.88. The molecule has 3 fully saturated rings. The summed E-state index contributed by atoms with van der Waals surface area (Å²) < 4.78 is 75.0. The highest BCUT2D eigenvalue weighted by molar-refractivity contribution is 5.99. The number of fused-ring (bicyclic) bond motifs is 8. The molecular weight excluding hydrogens is 762 g/mol. The smallest absolute Gasteiger partial charge is 0.416 e. The fraction of sp³-hybridized carbons (Fsp3) is 0.463. The van der Waals surface area contributed by atoms with E-state index in [9.17, 15) is 31.9 Å². The minimum Gasteiger partial charge on any atom is -0.478 e. The maximum absolute atomic E-state index is 14.5. The maximum Gasteiger partial charge on any atom is 0.416 e. The number of piperidine rings is 1. The summed E-state index contributed by atoms with van der Waals surface area (Å²) in [5, 5.41) is 11.4. The number of rotatable bonds is 7. The summed E-state index contributed by atoms with van der Waals surface area (Å²) in [7, 11) is 0. The third kappa shape index (κ3) is 8.99. The number of amides is 3. The lowest BCUT2D eigenvalue weighted by atomic mass is 9.80. The summed E-state index contributed by atoms with van der Waals surface area (Å²) in [6.07, 6.45) is -0.888. The van der Waals surface area contributed by atoms with Crippen molar-refractivity contribution in [2.75, 3.05) is 39.5 Å². The molecule has 3 amide bonds. The summed E-state index contributed by atoms with van der Waals surface area (Å²) in [6, 6.07) is 12.8. The Hall–Kier alpha value is -5.42. The largest absolute Gasteiger partial charge is 0.478 e. The lowest BCUT2D eigenvalue weighted by Crippen LogP contribution is -2.52. The van der Waals surface area contributed by atoms with Gasteiger partial charge in [0.1, 0.15) is 17.6 Å². The lowest BCUT2D eigenvalue weighted by molar-refractivity contribution is -0.139. The lowest BCUT2D eigenvalue weighted by Gasteiger charge is -2.40. The summed E-state index contributed by atoms with van der Waals surface area (Å²) in [4.78, 5) is 49.8. The number of halogens is 4. The third-order valence-corrected chi connectivity index (χ3v) is 11.4. The van der Waals surface area contributed by atoms with Crippen molar-refractivity contribution in [3.63, 3.8) is 0 Å². The van der Waals surface area contributed by atoms with Gasteiger partial charge < -0.3 is 29.3 Å². The van der Waals surface area contributed by atoms with E-state index in [1.54, 1.807) is 41.4 Å². The fourth-order valence-corrected chi connectivity index (χ4v) is 8.30. The SMILES string of the molecule is O=C(C[C@@H]1CCN2C[C@@H]1CCOc1cc(C(F)(F)F)cc(n1)-c1cccc(c1)C(=O)N1C[C@H](OCc3cn(-c4ccc(F)cc4)nn3)C[C@H]1C2=O)NC1CCOCC1. The zero-order valence-corrected chi connectivity index (χ0v) is 31.6. The second-order valence-electron chi connectivity index (χ2n) is 15.3. The van der Waals surface area contributed by atoms with Gasteiger partial charge in [-0.15, -0.1) is 5.10 Å². The number of alkyl halides is 3. The molecule has 0 aliphatic carbocycles. The van der Waals surface area contributed by atoms with E-state index in [1.165, 1.54) is 27.8 Å². The normalized spacial score (nSPS) is 23.0. The van der Waals surface area contributed by atoms with E-state index in [1.807, 2.05) is 0 Å². The van der Waals surface area contributed by atoms with Crippen LogP contribution < -0.4 is 10.1 Å². The molecule has 0 saturated carbocycles. The van der Waals surface area contributed by atoms with Gasteiger partial charge in [0.05, 0.1) is 42.5 Å². The van der Waals surface area contributed by atoms with Crippen LogP contribution >= 0.6 is 0 Å². The van der Waals surface area contributed by atoms with Gasteiger partial charge >= 0.3 is 6.18 Å². The first kappa shape index (κ1) is 39.4. The van der Waals surface area contributed by atoms with E-state index in [4.69, 9.17) is 14.2 Å². The van der Waals surface area contributed by atoms with Crippen LogP contribution in [-0.4, -0.2) is 105 Å². The molecule has 17 heteroatoms. The van der Waals surface area contributed by atoms with E-state index >= 15 is 0 Å². The van der Waals surface area contributed by atoms with Crippen LogP contribution in [0.1, 0.15) is 60.1 Å². The standard InChI is InChI=1S/C41H43F4N7O6/c42-30-4-6-33(7-5-30)52-22-32(48-49-52)24-58-34-20-36-40(55)50-12-8-25(17-37(53)46-31-10-13-56-14-11-31)28(21-50)9-15-57-38-19-29(41(43,44)45)18-35(47-38)26-2-1-3-27(16-26)39(54)51(36)23-34/h1-7,16,18-19,22,25,28,31,34,36H,8-15,17,20-21,23-24H2,(H,46,53)/t25-,28-,34+,36-/m0/s1. The third-order valence-electron chi connectivity index (χ3n) is 11.4. The predicted molar refractivity (Wildman–Crippen MR) is 199 cm³/mol. The summed E-state index contributed by atoms with van der Waals surface area (Å²) in [5.74, 6) is -1.79. The van der Waals surface area contributed by atoms with Crippen LogP contribution in [0.15, 0.2) is 66.9 Å². The molecule has 0 radical (unpaired) electrons. The molecule has 6 bridgehead atoms. The van der Waals surface area contributed by atoms with Gasteiger partial charge in [0.15, 0.2) is 0 Å². The van der Waals surface area contributed by atoms with Gasteiger partial charge in [-0.25, -0.2) is 14.1 Å². The van der Waals surface area contributed by atoms with Crippen LogP contribution in [0.3, 0.4) is 0 Å². The highest BCUT2D eigenvalue weighted by Crippen LogP contribution is 2.36. The molecule has 1 N–H and O–H groups in total. The van der Waals surface area contributed by atoms with Crippen LogP contribution in [0.25, 0.3) is 16.9 Å². The van der Waals surface area contributed by atoms with Gasteiger partial charge in [-0.05, 0) is 80.0 Å². The summed E-state index contributed by atoms with van der Waals surface area (Å²) in [5.41, 5.74) is 0.549. The summed E-state index contributed by atoms with van der Waals surface area (Å²) >= 11 is 0. The number of hydrogen-bond donors (Lipinski definition) is 1. The number of nitrogens with zero attached hydrogens (tertiary/aromatic N) is 6. The highest BCUT2D eigenvalue weighted by Gasteiger charge is 2.44. The highest BCUT2D eigenvalue weighted by atomic mass is 19.4. The van der Waals surface area contributed by atoms with E-state index in [0.717, 1.165) is 25.0 Å². The Morgan fingerprint density at radius 2 is 1.74 bits per heavy atom. The molecule has 0 spiro atoms. The Balaban J connectivity index is 1.07.